The maximum atomic E-state index is 13.5. The Labute approximate surface area is 177 Å². The van der Waals surface area contributed by atoms with Crippen LogP contribution in [0.25, 0.3) is 11.3 Å². The number of benzene rings is 1. The van der Waals surface area contributed by atoms with Crippen LogP contribution in [-0.4, -0.2) is 50.5 Å². The number of imidazole rings is 1. The van der Waals surface area contributed by atoms with Gasteiger partial charge in [-0.1, -0.05) is 56.0 Å². The molecule has 4 rings (SSSR count). The average Bonchev–Trinajstić information content (AvgIpc) is 3.54. The van der Waals surface area contributed by atoms with Gasteiger partial charge in [0.05, 0.1) is 30.4 Å². The zero-order valence-corrected chi connectivity index (χ0v) is 17.2. The van der Waals surface area contributed by atoms with Crippen molar-refractivity contribution >= 4 is 12.3 Å². The van der Waals surface area contributed by atoms with Gasteiger partial charge < -0.3 is 9.88 Å². The molecule has 2 N–H and O–H groups in total. The normalized spacial score (nSPS) is 20.4. The summed E-state index contributed by atoms with van der Waals surface area (Å²) in [5, 5.41) is 10.4. The third-order valence-corrected chi connectivity index (χ3v) is 6.50. The van der Waals surface area contributed by atoms with Crippen LogP contribution in [0.3, 0.4) is 0 Å². The SMILES string of the molecule is O=CN(O)CC(CC1CCCC1)C(=O)N1CCC[C@H]1c1ncc(-c2ccccc2)[nH]1. The summed E-state index contributed by atoms with van der Waals surface area (Å²) in [6.45, 7) is 0.730. The minimum Gasteiger partial charge on any atom is -0.340 e. The molecule has 30 heavy (non-hydrogen) atoms. The number of aromatic nitrogens is 2. The third kappa shape index (κ3) is 4.56. The fourth-order valence-corrected chi connectivity index (χ4v) is 4.99. The number of nitrogens with zero attached hydrogens (tertiary/aromatic N) is 3. The average molecular weight is 411 g/mol. The number of rotatable bonds is 8. The van der Waals surface area contributed by atoms with Crippen LogP contribution in [0, 0.1) is 11.8 Å². The first-order valence-electron chi connectivity index (χ1n) is 11.0. The molecular weight excluding hydrogens is 380 g/mol. The first kappa shape index (κ1) is 20.6. The first-order valence-corrected chi connectivity index (χ1v) is 11.0. The van der Waals surface area contributed by atoms with Crippen LogP contribution in [0.1, 0.15) is 56.8 Å². The maximum absolute atomic E-state index is 13.5. The highest BCUT2D eigenvalue weighted by molar-refractivity contribution is 5.80. The molecule has 7 nitrogen and oxygen atoms in total. The standard InChI is InChI=1S/C23H30N4O3/c28-16-26(30)15-19(13-17-7-4-5-8-17)23(29)27-12-6-11-21(27)22-24-14-20(25-22)18-9-2-1-3-10-18/h1-3,9-10,14,16-17,19,21,30H,4-8,11-13,15H2,(H,24,25)/t19?,21-/m0/s1. The Bertz CT molecular complexity index is 847. The molecule has 2 aromatic rings. The number of amides is 2. The molecule has 1 saturated heterocycles. The van der Waals surface area contributed by atoms with E-state index >= 15 is 0 Å². The molecule has 7 heteroatoms. The van der Waals surface area contributed by atoms with E-state index in [1.54, 1.807) is 0 Å². The molecule has 2 fully saturated rings. The molecule has 2 heterocycles. The van der Waals surface area contributed by atoms with Crippen LogP contribution in [0.5, 0.6) is 0 Å². The van der Waals surface area contributed by atoms with Crippen LogP contribution in [0.15, 0.2) is 36.5 Å². The lowest BCUT2D eigenvalue weighted by molar-refractivity contribution is -0.157. The van der Waals surface area contributed by atoms with Crippen LogP contribution in [0.4, 0.5) is 0 Å². The highest BCUT2D eigenvalue weighted by Crippen LogP contribution is 2.36. The minimum atomic E-state index is -0.382. The quantitative estimate of drug-likeness (QED) is 0.394. The molecule has 1 aromatic carbocycles. The largest absolute Gasteiger partial charge is 0.340 e. The van der Waals surface area contributed by atoms with Crippen molar-refractivity contribution in [2.24, 2.45) is 11.8 Å². The van der Waals surface area contributed by atoms with Gasteiger partial charge in [-0.3, -0.25) is 14.8 Å². The summed E-state index contributed by atoms with van der Waals surface area (Å²) in [6, 6.07) is 9.92. The summed E-state index contributed by atoms with van der Waals surface area (Å²) >= 11 is 0. The fourth-order valence-electron chi connectivity index (χ4n) is 4.99. The Morgan fingerprint density at radius 3 is 2.73 bits per heavy atom. The molecule has 1 aromatic heterocycles. The molecule has 2 aliphatic rings. The Kier molecular flexibility index (Phi) is 6.47. The maximum Gasteiger partial charge on any atom is 0.233 e. The second kappa shape index (κ2) is 9.43. The first-order chi connectivity index (χ1) is 14.7. The number of H-pyrrole nitrogens is 1. The highest BCUT2D eigenvalue weighted by atomic mass is 16.5. The molecule has 2 atom stereocenters. The number of hydrogen-bond acceptors (Lipinski definition) is 4. The van der Waals surface area contributed by atoms with Crippen molar-refractivity contribution in [3.05, 3.63) is 42.4 Å². The van der Waals surface area contributed by atoms with Gasteiger partial charge in [0.1, 0.15) is 5.82 Å². The van der Waals surface area contributed by atoms with Crippen LogP contribution >= 0.6 is 0 Å². The van der Waals surface area contributed by atoms with E-state index in [4.69, 9.17) is 0 Å². The van der Waals surface area contributed by atoms with Gasteiger partial charge in [0.15, 0.2) is 0 Å². The molecule has 1 saturated carbocycles. The van der Waals surface area contributed by atoms with Gasteiger partial charge in [0.25, 0.3) is 0 Å². The molecule has 1 aliphatic heterocycles. The Morgan fingerprint density at radius 2 is 2.00 bits per heavy atom. The van der Waals surface area contributed by atoms with Crippen molar-refractivity contribution in [2.45, 2.75) is 51.0 Å². The lowest BCUT2D eigenvalue weighted by atomic mass is 9.91. The molecule has 0 spiro atoms. The summed E-state index contributed by atoms with van der Waals surface area (Å²) in [5.74, 6) is 0.930. The van der Waals surface area contributed by atoms with Crippen molar-refractivity contribution in [3.63, 3.8) is 0 Å². The summed E-state index contributed by atoms with van der Waals surface area (Å²) in [4.78, 5) is 34.3. The number of likely N-dealkylation sites (tertiary alicyclic amines) is 1. The lowest BCUT2D eigenvalue weighted by Gasteiger charge is -2.30. The zero-order chi connectivity index (χ0) is 20.9. The number of hydroxylamine groups is 2. The van der Waals surface area contributed by atoms with E-state index in [0.717, 1.165) is 49.2 Å². The van der Waals surface area contributed by atoms with Gasteiger partial charge in [0.2, 0.25) is 12.3 Å². The molecular formula is C23H30N4O3. The van der Waals surface area contributed by atoms with Crippen molar-refractivity contribution < 1.29 is 14.8 Å². The smallest absolute Gasteiger partial charge is 0.233 e. The molecule has 2 amide bonds. The molecule has 0 radical (unpaired) electrons. The number of carbonyl (C=O) groups is 2. The highest BCUT2D eigenvalue weighted by Gasteiger charge is 2.37. The Balaban J connectivity index is 1.51. The summed E-state index contributed by atoms with van der Waals surface area (Å²) < 4.78 is 0. The second-order valence-electron chi connectivity index (χ2n) is 8.55. The second-order valence-corrected chi connectivity index (χ2v) is 8.55. The molecule has 0 bridgehead atoms. The van der Waals surface area contributed by atoms with E-state index in [1.165, 1.54) is 12.8 Å². The molecule has 160 valence electrons. The van der Waals surface area contributed by atoms with Gasteiger partial charge in [-0.05, 0) is 30.7 Å². The molecule has 1 unspecified atom stereocenters. The summed E-state index contributed by atoms with van der Waals surface area (Å²) in [5.41, 5.74) is 2.00. The monoisotopic (exact) mass is 410 g/mol. The van der Waals surface area contributed by atoms with E-state index < -0.39 is 0 Å². The van der Waals surface area contributed by atoms with Crippen molar-refractivity contribution in [1.29, 1.82) is 0 Å². The zero-order valence-electron chi connectivity index (χ0n) is 17.2. The lowest BCUT2D eigenvalue weighted by Crippen LogP contribution is -2.41. The van der Waals surface area contributed by atoms with Crippen molar-refractivity contribution in [2.75, 3.05) is 13.1 Å². The van der Waals surface area contributed by atoms with E-state index in [2.05, 4.69) is 9.97 Å². The number of carbonyl (C=O) groups excluding carboxylic acids is 2. The number of nitrogens with one attached hydrogen (secondary N) is 1. The van der Waals surface area contributed by atoms with Gasteiger partial charge >= 0.3 is 0 Å². The van der Waals surface area contributed by atoms with Crippen LogP contribution in [-0.2, 0) is 9.59 Å². The number of hydrogen-bond donors (Lipinski definition) is 2. The predicted molar refractivity (Wildman–Crippen MR) is 112 cm³/mol. The predicted octanol–water partition coefficient (Wildman–Crippen LogP) is 3.78. The van der Waals surface area contributed by atoms with Crippen LogP contribution in [0.2, 0.25) is 0 Å². The Hall–Kier alpha value is -2.67. The third-order valence-electron chi connectivity index (χ3n) is 6.50. The summed E-state index contributed by atoms with van der Waals surface area (Å²) in [7, 11) is 0. The topological polar surface area (TPSA) is 89.5 Å². The van der Waals surface area contributed by atoms with Gasteiger partial charge in [-0.15, -0.1) is 0 Å². The van der Waals surface area contributed by atoms with E-state index in [-0.39, 0.29) is 24.4 Å². The van der Waals surface area contributed by atoms with Gasteiger partial charge in [-0.25, -0.2) is 10.0 Å². The minimum absolute atomic E-state index is 0.0166. The molecule has 1 aliphatic carbocycles. The van der Waals surface area contributed by atoms with E-state index in [0.29, 0.717) is 23.9 Å². The van der Waals surface area contributed by atoms with Crippen molar-refractivity contribution in [3.8, 4) is 11.3 Å². The summed E-state index contributed by atoms with van der Waals surface area (Å²) in [6.07, 6.45) is 9.35. The van der Waals surface area contributed by atoms with E-state index in [9.17, 15) is 14.8 Å². The fraction of sp³-hybridized carbons (Fsp3) is 0.522. The van der Waals surface area contributed by atoms with E-state index in [1.807, 2.05) is 41.4 Å². The Morgan fingerprint density at radius 1 is 1.23 bits per heavy atom. The number of aromatic amines is 1. The van der Waals surface area contributed by atoms with Gasteiger partial charge in [0, 0.05) is 6.54 Å². The van der Waals surface area contributed by atoms with Crippen LogP contribution < -0.4 is 0 Å². The van der Waals surface area contributed by atoms with Gasteiger partial charge in [-0.2, -0.15) is 0 Å². The van der Waals surface area contributed by atoms with Crippen molar-refractivity contribution in [1.82, 2.24) is 19.9 Å².